The number of aliphatic hydroxyl groups is 1. The molecule has 2 aliphatic rings. The van der Waals surface area contributed by atoms with Crippen LogP contribution in [0.1, 0.15) is 19.3 Å². The van der Waals surface area contributed by atoms with E-state index >= 15 is 0 Å². The summed E-state index contributed by atoms with van der Waals surface area (Å²) in [6, 6.07) is -0.426. The first-order valence-corrected chi connectivity index (χ1v) is 5.35. The molecule has 86 valence electrons. The average molecular weight is 217 g/mol. The van der Waals surface area contributed by atoms with Gasteiger partial charge in [0.1, 0.15) is 0 Å². The molecule has 1 amide bonds. The summed E-state index contributed by atoms with van der Waals surface area (Å²) in [5, 5.41) is 11.4. The molecule has 2 N–H and O–H groups in total. The molecule has 2 unspecified atom stereocenters. The van der Waals surface area contributed by atoms with Gasteiger partial charge < -0.3 is 15.2 Å². The highest BCUT2D eigenvalue weighted by Gasteiger charge is 2.52. The molecule has 2 heterocycles. The monoisotopic (exact) mass is 217 g/mol. The third-order valence-corrected chi connectivity index (χ3v) is 3.34. The highest BCUT2D eigenvalue weighted by atomic mass is 19.1. The van der Waals surface area contributed by atoms with E-state index in [2.05, 4.69) is 5.32 Å². The average Bonchev–Trinajstić information content (AvgIpc) is 2.57. The Hall–Kier alpha value is -0.680. The summed E-state index contributed by atoms with van der Waals surface area (Å²) in [4.78, 5) is 11.5. The zero-order valence-electron chi connectivity index (χ0n) is 8.54. The van der Waals surface area contributed by atoms with Gasteiger partial charge >= 0.3 is 0 Å². The van der Waals surface area contributed by atoms with E-state index in [0.29, 0.717) is 26.1 Å². The number of carbonyl (C=O) groups excluding carboxylic acids is 1. The summed E-state index contributed by atoms with van der Waals surface area (Å²) < 4.78 is 19.6. The zero-order chi connectivity index (χ0) is 10.9. The van der Waals surface area contributed by atoms with Crippen molar-refractivity contribution in [3.8, 4) is 0 Å². The fourth-order valence-corrected chi connectivity index (χ4v) is 2.43. The normalized spacial score (nSPS) is 38.0. The second-order valence-electron chi connectivity index (χ2n) is 4.31. The molecule has 0 spiro atoms. The largest absolute Gasteiger partial charge is 0.394 e. The maximum absolute atomic E-state index is 14.5. The van der Waals surface area contributed by atoms with Crippen molar-refractivity contribution in [2.45, 2.75) is 31.0 Å². The molecule has 0 bridgehead atoms. The van der Waals surface area contributed by atoms with Crippen LogP contribution in [0.4, 0.5) is 4.39 Å². The third-order valence-electron chi connectivity index (χ3n) is 3.34. The Labute approximate surface area is 87.8 Å². The number of nitrogens with one attached hydrogen (secondary N) is 1. The Balaban J connectivity index is 2.07. The summed E-state index contributed by atoms with van der Waals surface area (Å²) in [5.41, 5.74) is -1.79. The summed E-state index contributed by atoms with van der Waals surface area (Å²) in [5.74, 6) is -0.823. The molecule has 0 aromatic rings. The van der Waals surface area contributed by atoms with E-state index in [-0.39, 0.29) is 18.9 Å². The van der Waals surface area contributed by atoms with Crippen molar-refractivity contribution in [3.63, 3.8) is 0 Å². The van der Waals surface area contributed by atoms with Gasteiger partial charge in [0.15, 0.2) is 5.67 Å². The van der Waals surface area contributed by atoms with Crippen LogP contribution in [0.2, 0.25) is 0 Å². The first-order valence-electron chi connectivity index (χ1n) is 5.35. The Kier molecular flexibility index (Phi) is 2.93. The first kappa shape index (κ1) is 10.8. The van der Waals surface area contributed by atoms with Gasteiger partial charge in [-0.05, 0) is 12.8 Å². The smallest absolute Gasteiger partial charge is 0.258 e. The van der Waals surface area contributed by atoms with Crippen LogP contribution >= 0.6 is 0 Å². The number of hydrogen-bond acceptors (Lipinski definition) is 3. The summed E-state index contributed by atoms with van der Waals surface area (Å²) in [7, 11) is 0. The lowest BCUT2D eigenvalue weighted by atomic mass is 9.81. The van der Waals surface area contributed by atoms with Gasteiger partial charge in [-0.3, -0.25) is 4.79 Å². The number of hydrogen-bond donors (Lipinski definition) is 2. The topological polar surface area (TPSA) is 58.6 Å². The summed E-state index contributed by atoms with van der Waals surface area (Å²) in [6.07, 6.45) is 1.26. The molecule has 0 aromatic carbocycles. The van der Waals surface area contributed by atoms with Gasteiger partial charge in [0.25, 0.3) is 5.91 Å². The first-order chi connectivity index (χ1) is 7.16. The van der Waals surface area contributed by atoms with Crippen molar-refractivity contribution in [1.82, 2.24) is 5.32 Å². The minimum Gasteiger partial charge on any atom is -0.394 e. The maximum atomic E-state index is 14.5. The number of aliphatic hydroxyl groups excluding tert-OH is 1. The molecule has 2 atom stereocenters. The van der Waals surface area contributed by atoms with Crippen LogP contribution in [-0.2, 0) is 9.53 Å². The minimum atomic E-state index is -1.79. The van der Waals surface area contributed by atoms with E-state index in [1.807, 2.05) is 0 Å². The number of halogens is 1. The molecule has 5 heteroatoms. The van der Waals surface area contributed by atoms with Crippen molar-refractivity contribution < 1.29 is 19.0 Å². The highest BCUT2D eigenvalue weighted by Crippen LogP contribution is 2.38. The van der Waals surface area contributed by atoms with E-state index < -0.39 is 17.6 Å². The molecule has 0 saturated carbocycles. The van der Waals surface area contributed by atoms with Crippen molar-refractivity contribution in [1.29, 1.82) is 0 Å². The summed E-state index contributed by atoms with van der Waals surface area (Å²) >= 11 is 0. The standard InChI is InChI=1S/C10H16FNO3/c11-10(7-1-3-15-4-2-7)5-8(6-13)12-9(10)14/h7-8,13H,1-6H2,(H,12,14). The third kappa shape index (κ3) is 1.86. The van der Waals surface area contributed by atoms with Crippen LogP contribution in [0.15, 0.2) is 0 Å². The SMILES string of the molecule is O=C1NC(CO)CC1(F)C1CCOCC1. The van der Waals surface area contributed by atoms with E-state index in [1.54, 1.807) is 0 Å². The molecule has 15 heavy (non-hydrogen) atoms. The van der Waals surface area contributed by atoms with Crippen LogP contribution in [0.25, 0.3) is 0 Å². The van der Waals surface area contributed by atoms with Gasteiger partial charge in [0.2, 0.25) is 0 Å². The van der Waals surface area contributed by atoms with Crippen LogP contribution < -0.4 is 5.32 Å². The molecule has 2 saturated heterocycles. The molecule has 0 aromatic heterocycles. The maximum Gasteiger partial charge on any atom is 0.258 e. The van der Waals surface area contributed by atoms with Gasteiger partial charge in [-0.25, -0.2) is 4.39 Å². The lowest BCUT2D eigenvalue weighted by Crippen LogP contribution is -2.43. The molecule has 0 aliphatic carbocycles. The Bertz CT molecular complexity index is 255. The zero-order valence-corrected chi connectivity index (χ0v) is 8.54. The molecule has 2 aliphatic heterocycles. The van der Waals surface area contributed by atoms with Gasteiger partial charge in [-0.2, -0.15) is 0 Å². The van der Waals surface area contributed by atoms with Gasteiger partial charge in [-0.15, -0.1) is 0 Å². The quantitative estimate of drug-likeness (QED) is 0.684. The number of carbonyl (C=O) groups is 1. The second kappa shape index (κ2) is 4.06. The van der Waals surface area contributed by atoms with Gasteiger partial charge in [0, 0.05) is 25.6 Å². The number of amides is 1. The van der Waals surface area contributed by atoms with E-state index in [9.17, 15) is 9.18 Å². The molecule has 0 radical (unpaired) electrons. The predicted molar refractivity (Wildman–Crippen MR) is 51.0 cm³/mol. The number of rotatable bonds is 2. The van der Waals surface area contributed by atoms with Gasteiger partial charge in [-0.1, -0.05) is 0 Å². The second-order valence-corrected chi connectivity index (χ2v) is 4.31. The van der Waals surface area contributed by atoms with Crippen molar-refractivity contribution in [3.05, 3.63) is 0 Å². The Morgan fingerprint density at radius 3 is 2.73 bits per heavy atom. The number of alkyl halides is 1. The van der Waals surface area contributed by atoms with Crippen LogP contribution in [0.3, 0.4) is 0 Å². The Morgan fingerprint density at radius 1 is 1.53 bits per heavy atom. The highest BCUT2D eigenvalue weighted by molar-refractivity contribution is 5.88. The lowest BCUT2D eigenvalue weighted by Gasteiger charge is -2.30. The van der Waals surface area contributed by atoms with Crippen molar-refractivity contribution in [2.24, 2.45) is 5.92 Å². The van der Waals surface area contributed by atoms with Crippen molar-refractivity contribution in [2.75, 3.05) is 19.8 Å². The predicted octanol–water partition coefficient (Wildman–Crippen LogP) is 0.00210. The van der Waals surface area contributed by atoms with Crippen LogP contribution in [-0.4, -0.2) is 42.5 Å². The van der Waals surface area contributed by atoms with Crippen LogP contribution in [0, 0.1) is 5.92 Å². The molecule has 4 nitrogen and oxygen atoms in total. The fraction of sp³-hybridized carbons (Fsp3) is 0.900. The van der Waals surface area contributed by atoms with Crippen molar-refractivity contribution >= 4 is 5.91 Å². The van der Waals surface area contributed by atoms with Crippen LogP contribution in [0.5, 0.6) is 0 Å². The van der Waals surface area contributed by atoms with E-state index in [0.717, 1.165) is 0 Å². The molecule has 2 fully saturated rings. The lowest BCUT2D eigenvalue weighted by molar-refractivity contribution is -0.134. The Morgan fingerprint density at radius 2 is 2.20 bits per heavy atom. The van der Waals surface area contributed by atoms with E-state index in [1.165, 1.54) is 0 Å². The van der Waals surface area contributed by atoms with Gasteiger partial charge in [0.05, 0.1) is 12.6 Å². The number of ether oxygens (including phenoxy) is 1. The minimum absolute atomic E-state index is 0.0903. The van der Waals surface area contributed by atoms with E-state index in [4.69, 9.17) is 9.84 Å². The summed E-state index contributed by atoms with van der Waals surface area (Å²) in [6.45, 7) is 0.849. The molecular formula is C10H16FNO3. The fourth-order valence-electron chi connectivity index (χ4n) is 2.43. The molecular weight excluding hydrogens is 201 g/mol. The molecule has 2 rings (SSSR count).